The molecule has 7 heteroatoms. The lowest BCUT2D eigenvalue weighted by Crippen LogP contribution is -2.12. The first-order chi connectivity index (χ1) is 13.5. The zero-order valence-electron chi connectivity index (χ0n) is 17.1. The summed E-state index contributed by atoms with van der Waals surface area (Å²) in [6.45, 7) is 9.68. The average molecular weight is 445 g/mol. The Labute approximate surface area is 175 Å². The van der Waals surface area contributed by atoms with Crippen molar-refractivity contribution in [1.29, 1.82) is 0 Å². The molecule has 0 aliphatic carbocycles. The fourth-order valence-corrected chi connectivity index (χ4v) is 4.01. The van der Waals surface area contributed by atoms with Crippen LogP contribution in [0.15, 0.2) is 29.0 Å². The first kappa shape index (κ1) is 20.7. The predicted octanol–water partition coefficient (Wildman–Crippen LogP) is 6.07. The first-order valence-corrected chi connectivity index (χ1v) is 10.9. The van der Waals surface area contributed by atoms with Crippen molar-refractivity contribution < 1.29 is 0 Å². The lowest BCUT2D eigenvalue weighted by Gasteiger charge is -2.15. The smallest absolute Gasteiger partial charge is 0.183 e. The highest BCUT2D eigenvalue weighted by molar-refractivity contribution is 9.10. The van der Waals surface area contributed by atoms with Gasteiger partial charge in [0.15, 0.2) is 17.0 Å². The van der Waals surface area contributed by atoms with Gasteiger partial charge in [-0.3, -0.25) is 0 Å². The maximum atomic E-state index is 4.45. The van der Waals surface area contributed by atoms with Gasteiger partial charge in [0.1, 0.15) is 6.33 Å². The van der Waals surface area contributed by atoms with Crippen LogP contribution >= 0.6 is 15.9 Å². The summed E-state index contributed by atoms with van der Waals surface area (Å²) in [4.78, 5) is 8.86. The van der Waals surface area contributed by atoms with E-state index in [1.165, 1.54) is 31.2 Å². The number of nitrogens with zero attached hydrogens (tertiary/aromatic N) is 5. The molecule has 6 nitrogen and oxygen atoms in total. The molecule has 0 saturated heterocycles. The Hall–Kier alpha value is -2.02. The minimum absolute atomic E-state index is 0.482. The Morgan fingerprint density at radius 3 is 2.50 bits per heavy atom. The molecule has 0 atom stereocenters. The molecular weight excluding hydrogens is 416 g/mol. The van der Waals surface area contributed by atoms with Crippen molar-refractivity contribution in [3.05, 3.63) is 34.6 Å². The summed E-state index contributed by atoms with van der Waals surface area (Å²) in [6, 6.07) is 6.34. The van der Waals surface area contributed by atoms with Crippen LogP contribution in [-0.2, 0) is 6.54 Å². The number of benzene rings is 1. The van der Waals surface area contributed by atoms with Gasteiger partial charge in [-0.15, -0.1) is 5.10 Å². The van der Waals surface area contributed by atoms with E-state index in [-0.39, 0.29) is 0 Å². The fraction of sp³-hybridized carbons (Fsp3) is 0.524. The molecule has 0 aliphatic heterocycles. The number of hydrogen-bond donors (Lipinski definition) is 1. The third-order valence-corrected chi connectivity index (χ3v) is 5.69. The predicted molar refractivity (Wildman–Crippen MR) is 118 cm³/mol. The van der Waals surface area contributed by atoms with Gasteiger partial charge < -0.3 is 5.32 Å². The summed E-state index contributed by atoms with van der Waals surface area (Å²) in [7, 11) is 0. The van der Waals surface area contributed by atoms with Crippen molar-refractivity contribution in [2.24, 2.45) is 5.92 Å². The van der Waals surface area contributed by atoms with Crippen LogP contribution in [0.25, 0.3) is 11.2 Å². The molecule has 28 heavy (non-hydrogen) atoms. The van der Waals surface area contributed by atoms with Gasteiger partial charge in [0.2, 0.25) is 0 Å². The number of hydrogen-bond acceptors (Lipinski definition) is 5. The van der Waals surface area contributed by atoms with E-state index in [0.717, 1.165) is 22.4 Å². The number of fused-ring (bicyclic) bond motifs is 1. The minimum atomic E-state index is 0.482. The van der Waals surface area contributed by atoms with Crippen molar-refractivity contribution >= 4 is 38.6 Å². The SMILES string of the molecule is CCCC(CCC)Cn1nnc2c(Nc3ccc(C(C)C)cc3Br)ncnc21. The summed E-state index contributed by atoms with van der Waals surface area (Å²) in [5.41, 5.74) is 3.72. The molecule has 2 heterocycles. The van der Waals surface area contributed by atoms with E-state index < -0.39 is 0 Å². The zero-order valence-corrected chi connectivity index (χ0v) is 18.7. The lowest BCUT2D eigenvalue weighted by atomic mass is 9.98. The van der Waals surface area contributed by atoms with Gasteiger partial charge in [0, 0.05) is 11.0 Å². The number of anilines is 2. The quantitative estimate of drug-likeness (QED) is 0.433. The van der Waals surface area contributed by atoms with E-state index in [0.29, 0.717) is 23.2 Å². The summed E-state index contributed by atoms with van der Waals surface area (Å²) < 4.78 is 2.93. The van der Waals surface area contributed by atoms with Crippen LogP contribution < -0.4 is 5.32 Å². The monoisotopic (exact) mass is 444 g/mol. The summed E-state index contributed by atoms with van der Waals surface area (Å²) in [5.74, 6) is 1.76. The van der Waals surface area contributed by atoms with Crippen LogP contribution in [0.2, 0.25) is 0 Å². The van der Waals surface area contributed by atoms with E-state index in [2.05, 4.69) is 87.4 Å². The highest BCUT2D eigenvalue weighted by Crippen LogP contribution is 2.30. The van der Waals surface area contributed by atoms with Gasteiger partial charge >= 0.3 is 0 Å². The molecule has 3 rings (SSSR count). The number of rotatable bonds is 9. The molecule has 0 amide bonds. The highest BCUT2D eigenvalue weighted by Gasteiger charge is 2.16. The third-order valence-electron chi connectivity index (χ3n) is 5.04. The van der Waals surface area contributed by atoms with Gasteiger partial charge in [0.25, 0.3) is 0 Å². The Bertz CT molecular complexity index is 914. The fourth-order valence-electron chi connectivity index (χ4n) is 3.51. The topological polar surface area (TPSA) is 68.5 Å². The maximum absolute atomic E-state index is 4.45. The van der Waals surface area contributed by atoms with Crippen LogP contribution in [0.1, 0.15) is 64.9 Å². The van der Waals surface area contributed by atoms with Crippen LogP contribution in [0.5, 0.6) is 0 Å². The molecule has 0 aliphatic rings. The first-order valence-electron chi connectivity index (χ1n) is 10.1. The Morgan fingerprint density at radius 2 is 1.86 bits per heavy atom. The molecule has 2 aromatic heterocycles. The van der Waals surface area contributed by atoms with Crippen molar-refractivity contribution in [1.82, 2.24) is 25.0 Å². The Balaban J connectivity index is 1.87. The average Bonchev–Trinajstić information content (AvgIpc) is 3.07. The molecule has 150 valence electrons. The summed E-state index contributed by atoms with van der Waals surface area (Å²) >= 11 is 3.66. The molecule has 0 spiro atoms. The van der Waals surface area contributed by atoms with Gasteiger partial charge in [0.05, 0.1) is 5.69 Å². The molecule has 0 radical (unpaired) electrons. The van der Waals surface area contributed by atoms with Crippen LogP contribution in [0.4, 0.5) is 11.5 Å². The third kappa shape index (κ3) is 4.69. The summed E-state index contributed by atoms with van der Waals surface area (Å²) in [5, 5.41) is 12.1. The van der Waals surface area contributed by atoms with Gasteiger partial charge in [-0.05, 0) is 58.3 Å². The molecule has 1 N–H and O–H groups in total. The molecular formula is C21H29BrN6. The Morgan fingerprint density at radius 1 is 1.11 bits per heavy atom. The van der Waals surface area contributed by atoms with Crippen LogP contribution in [0, 0.1) is 5.92 Å². The molecule has 0 unspecified atom stereocenters. The van der Waals surface area contributed by atoms with Crippen LogP contribution in [0.3, 0.4) is 0 Å². The van der Waals surface area contributed by atoms with Gasteiger partial charge in [-0.25, -0.2) is 14.6 Å². The van der Waals surface area contributed by atoms with E-state index in [1.807, 2.05) is 4.68 Å². The second kappa shape index (κ2) is 9.45. The normalized spacial score (nSPS) is 11.7. The van der Waals surface area contributed by atoms with E-state index >= 15 is 0 Å². The number of halogens is 1. The maximum Gasteiger partial charge on any atom is 0.183 e. The minimum Gasteiger partial charge on any atom is -0.337 e. The molecule has 0 saturated carbocycles. The number of nitrogens with one attached hydrogen (secondary N) is 1. The zero-order chi connectivity index (χ0) is 20.1. The second-order valence-electron chi connectivity index (χ2n) is 7.63. The highest BCUT2D eigenvalue weighted by atomic mass is 79.9. The standard InChI is InChI=1S/C21H29BrN6/c1-5-7-15(8-6-2)12-28-21-19(26-27-28)20(23-13-24-21)25-18-10-9-16(14(3)4)11-17(18)22/h9-11,13-15H,5-8,12H2,1-4H3,(H,23,24,25). The summed E-state index contributed by atoms with van der Waals surface area (Å²) in [6.07, 6.45) is 6.33. The molecule has 3 aromatic rings. The van der Waals surface area contributed by atoms with Gasteiger partial charge in [-0.1, -0.05) is 51.8 Å². The lowest BCUT2D eigenvalue weighted by molar-refractivity contribution is 0.364. The van der Waals surface area contributed by atoms with E-state index in [4.69, 9.17) is 0 Å². The van der Waals surface area contributed by atoms with Crippen molar-refractivity contribution in [3.8, 4) is 0 Å². The van der Waals surface area contributed by atoms with Crippen molar-refractivity contribution in [2.45, 2.75) is 65.8 Å². The van der Waals surface area contributed by atoms with Crippen molar-refractivity contribution in [2.75, 3.05) is 5.32 Å². The second-order valence-corrected chi connectivity index (χ2v) is 8.48. The molecule has 0 bridgehead atoms. The van der Waals surface area contributed by atoms with Gasteiger partial charge in [-0.2, -0.15) is 0 Å². The Kier molecular flexibility index (Phi) is 6.99. The van der Waals surface area contributed by atoms with E-state index in [9.17, 15) is 0 Å². The largest absolute Gasteiger partial charge is 0.337 e. The molecule has 0 fully saturated rings. The van der Waals surface area contributed by atoms with Crippen LogP contribution in [-0.4, -0.2) is 25.0 Å². The van der Waals surface area contributed by atoms with Crippen molar-refractivity contribution in [3.63, 3.8) is 0 Å². The molecule has 1 aromatic carbocycles. The number of aromatic nitrogens is 5. The van der Waals surface area contributed by atoms with E-state index in [1.54, 1.807) is 6.33 Å².